The molecule has 4 rings (SSSR count). The second-order valence-corrected chi connectivity index (χ2v) is 8.56. The van der Waals surface area contributed by atoms with Crippen molar-refractivity contribution < 1.29 is 9.53 Å². The van der Waals surface area contributed by atoms with Gasteiger partial charge in [-0.15, -0.1) is 11.3 Å². The molecule has 3 aromatic heterocycles. The zero-order chi connectivity index (χ0) is 19.7. The maximum absolute atomic E-state index is 13.1. The lowest BCUT2D eigenvalue weighted by atomic mass is 10.2. The molecule has 0 saturated carbocycles. The highest BCUT2D eigenvalue weighted by Gasteiger charge is 2.24. The van der Waals surface area contributed by atoms with Gasteiger partial charge in [-0.05, 0) is 40.2 Å². The van der Waals surface area contributed by atoms with Crippen LogP contribution in [0.3, 0.4) is 0 Å². The molecule has 0 bridgehead atoms. The van der Waals surface area contributed by atoms with E-state index in [0.29, 0.717) is 28.7 Å². The van der Waals surface area contributed by atoms with Crippen molar-refractivity contribution in [3.8, 4) is 0 Å². The van der Waals surface area contributed by atoms with Gasteiger partial charge in [-0.25, -0.2) is 9.67 Å². The first-order chi connectivity index (χ1) is 13.5. The normalized spacial score (nSPS) is 16.7. The number of halogens is 1. The third-order valence-electron chi connectivity index (χ3n) is 4.80. The van der Waals surface area contributed by atoms with E-state index in [0.717, 1.165) is 24.3 Å². The first-order valence-corrected chi connectivity index (χ1v) is 10.7. The molecular formula is C18H20BrN5O3S. The Kier molecular flexibility index (Phi) is 5.61. The van der Waals surface area contributed by atoms with Crippen LogP contribution in [0.5, 0.6) is 0 Å². The third kappa shape index (κ3) is 3.89. The highest BCUT2D eigenvalue weighted by molar-refractivity contribution is 9.10. The molecule has 1 unspecified atom stereocenters. The zero-order valence-electron chi connectivity index (χ0n) is 15.4. The molecule has 4 heterocycles. The molecule has 0 radical (unpaired) electrons. The van der Waals surface area contributed by atoms with Crippen LogP contribution >= 0.6 is 27.3 Å². The Morgan fingerprint density at radius 3 is 3.07 bits per heavy atom. The highest BCUT2D eigenvalue weighted by atomic mass is 79.9. The van der Waals surface area contributed by atoms with Crippen molar-refractivity contribution >= 4 is 44.2 Å². The van der Waals surface area contributed by atoms with Gasteiger partial charge in [0.15, 0.2) is 5.65 Å². The van der Waals surface area contributed by atoms with E-state index in [1.165, 1.54) is 15.6 Å². The fraction of sp³-hybridized carbons (Fsp3) is 0.444. The summed E-state index contributed by atoms with van der Waals surface area (Å²) >= 11 is 4.91. The van der Waals surface area contributed by atoms with Crippen molar-refractivity contribution in [3.63, 3.8) is 0 Å². The molecule has 0 N–H and O–H groups in total. The second kappa shape index (κ2) is 8.14. The average Bonchev–Trinajstić information content (AvgIpc) is 3.40. The number of rotatable bonds is 6. The van der Waals surface area contributed by atoms with Crippen LogP contribution in [0.25, 0.3) is 11.0 Å². The van der Waals surface area contributed by atoms with E-state index in [1.807, 2.05) is 17.5 Å². The van der Waals surface area contributed by atoms with E-state index < -0.39 is 0 Å². The Hall–Kier alpha value is -2.04. The van der Waals surface area contributed by atoms with Crippen LogP contribution in [0.15, 0.2) is 33.2 Å². The molecule has 3 aromatic rings. The van der Waals surface area contributed by atoms with Crippen molar-refractivity contribution in [2.24, 2.45) is 7.05 Å². The van der Waals surface area contributed by atoms with E-state index in [2.05, 4.69) is 26.0 Å². The Bertz CT molecular complexity index is 1040. The van der Waals surface area contributed by atoms with Crippen LogP contribution < -0.4 is 5.56 Å². The van der Waals surface area contributed by atoms with Crippen LogP contribution in [0, 0.1) is 0 Å². The minimum absolute atomic E-state index is 0.0497. The molecule has 10 heteroatoms. The minimum atomic E-state index is -0.286. The summed E-state index contributed by atoms with van der Waals surface area (Å²) in [6.07, 6.45) is 3.42. The molecule has 28 heavy (non-hydrogen) atoms. The number of carbonyl (C=O) groups is 1. The monoisotopic (exact) mass is 465 g/mol. The lowest BCUT2D eigenvalue weighted by Gasteiger charge is -2.25. The van der Waals surface area contributed by atoms with Gasteiger partial charge in [-0.2, -0.15) is 5.10 Å². The number of hydrogen-bond donors (Lipinski definition) is 0. The predicted octanol–water partition coefficient (Wildman–Crippen LogP) is 2.16. The number of aromatic nitrogens is 4. The van der Waals surface area contributed by atoms with E-state index in [9.17, 15) is 9.59 Å². The fourth-order valence-corrected chi connectivity index (χ4v) is 4.68. The molecule has 1 saturated heterocycles. The van der Waals surface area contributed by atoms with Gasteiger partial charge in [0, 0.05) is 25.1 Å². The second-order valence-electron chi connectivity index (χ2n) is 6.78. The van der Waals surface area contributed by atoms with E-state index >= 15 is 0 Å². The molecule has 0 aliphatic carbocycles. The summed E-state index contributed by atoms with van der Waals surface area (Å²) in [6.45, 7) is 1.71. The van der Waals surface area contributed by atoms with Crippen molar-refractivity contribution in [1.82, 2.24) is 24.2 Å². The molecule has 1 amide bonds. The van der Waals surface area contributed by atoms with Crippen molar-refractivity contribution in [3.05, 3.63) is 43.7 Å². The molecule has 1 atom stereocenters. The maximum atomic E-state index is 13.1. The van der Waals surface area contributed by atoms with Gasteiger partial charge in [0.2, 0.25) is 5.91 Å². The van der Waals surface area contributed by atoms with Crippen LogP contribution in [0.2, 0.25) is 0 Å². The molecule has 1 aliphatic heterocycles. The lowest BCUT2D eigenvalue weighted by Crippen LogP contribution is -2.40. The Morgan fingerprint density at radius 2 is 2.36 bits per heavy atom. The zero-order valence-corrected chi connectivity index (χ0v) is 17.8. The number of fused-ring (bicyclic) bond motifs is 1. The standard InChI is InChI=1S/C18H20BrN5O3S/c1-22-17-15(16(19)21-22)18(26)24(11-20-17)10-14(25)23(8-12-4-2-6-27-12)9-13-5-3-7-28-13/h3,5,7,11-12H,2,4,6,8-10H2,1H3. The van der Waals surface area contributed by atoms with Gasteiger partial charge in [0.05, 0.1) is 12.6 Å². The summed E-state index contributed by atoms with van der Waals surface area (Å²) in [5, 5.41) is 6.54. The van der Waals surface area contributed by atoms with Gasteiger partial charge >= 0.3 is 0 Å². The summed E-state index contributed by atoms with van der Waals surface area (Å²) in [5.41, 5.74) is 0.196. The van der Waals surface area contributed by atoms with Crippen LogP contribution in [-0.4, -0.2) is 49.4 Å². The Labute approximate surface area is 173 Å². The number of nitrogens with zero attached hydrogens (tertiary/aromatic N) is 5. The molecule has 0 spiro atoms. The summed E-state index contributed by atoms with van der Waals surface area (Å²) in [6, 6.07) is 3.98. The molecule has 1 aliphatic rings. The minimum Gasteiger partial charge on any atom is -0.376 e. The maximum Gasteiger partial charge on any atom is 0.266 e. The molecule has 0 aromatic carbocycles. The van der Waals surface area contributed by atoms with Crippen LogP contribution in [-0.2, 0) is 29.7 Å². The van der Waals surface area contributed by atoms with E-state index in [-0.39, 0.29) is 24.1 Å². The van der Waals surface area contributed by atoms with Gasteiger partial charge < -0.3 is 9.64 Å². The summed E-state index contributed by atoms with van der Waals surface area (Å²) < 4.78 is 9.02. The lowest BCUT2D eigenvalue weighted by molar-refractivity contribution is -0.134. The van der Waals surface area contributed by atoms with Gasteiger partial charge in [0.1, 0.15) is 22.9 Å². The Morgan fingerprint density at radius 1 is 1.50 bits per heavy atom. The summed E-state index contributed by atoms with van der Waals surface area (Å²) in [5.74, 6) is -0.132. The molecular weight excluding hydrogens is 446 g/mol. The van der Waals surface area contributed by atoms with Crippen LogP contribution in [0.1, 0.15) is 17.7 Å². The van der Waals surface area contributed by atoms with Gasteiger partial charge in [-0.1, -0.05) is 6.07 Å². The quantitative estimate of drug-likeness (QED) is 0.556. The number of carbonyl (C=O) groups excluding carboxylic acids is 1. The van der Waals surface area contributed by atoms with Crippen molar-refractivity contribution in [1.29, 1.82) is 0 Å². The van der Waals surface area contributed by atoms with Gasteiger partial charge in [-0.3, -0.25) is 14.2 Å². The third-order valence-corrected chi connectivity index (χ3v) is 6.22. The molecule has 148 valence electrons. The first kappa shape index (κ1) is 19.3. The number of aryl methyl sites for hydroxylation is 1. The van der Waals surface area contributed by atoms with E-state index in [1.54, 1.807) is 23.3 Å². The smallest absolute Gasteiger partial charge is 0.266 e. The Balaban J connectivity index is 1.58. The van der Waals surface area contributed by atoms with Crippen molar-refractivity contribution in [2.45, 2.75) is 32.0 Å². The molecule has 8 nitrogen and oxygen atoms in total. The van der Waals surface area contributed by atoms with Crippen molar-refractivity contribution in [2.75, 3.05) is 13.2 Å². The molecule has 1 fully saturated rings. The van der Waals surface area contributed by atoms with Crippen LogP contribution in [0.4, 0.5) is 0 Å². The SMILES string of the molecule is Cn1nc(Br)c2c(=O)n(CC(=O)N(Cc3cccs3)CC3CCCO3)cnc21. The topological polar surface area (TPSA) is 82.2 Å². The number of ether oxygens (including phenoxy) is 1. The largest absolute Gasteiger partial charge is 0.376 e. The number of amides is 1. The summed E-state index contributed by atoms with van der Waals surface area (Å²) in [4.78, 5) is 33.1. The predicted molar refractivity (Wildman–Crippen MR) is 109 cm³/mol. The first-order valence-electron chi connectivity index (χ1n) is 9.02. The highest BCUT2D eigenvalue weighted by Crippen LogP contribution is 2.19. The van der Waals surface area contributed by atoms with Gasteiger partial charge in [0.25, 0.3) is 5.56 Å². The number of hydrogen-bond acceptors (Lipinski definition) is 6. The summed E-state index contributed by atoms with van der Waals surface area (Å²) in [7, 11) is 1.72. The average molecular weight is 466 g/mol. The van der Waals surface area contributed by atoms with E-state index in [4.69, 9.17) is 4.74 Å². The number of thiophene rings is 1. The fourth-order valence-electron chi connectivity index (χ4n) is 3.37.